The van der Waals surface area contributed by atoms with Crippen LogP contribution in [-0.4, -0.2) is 44.3 Å². The summed E-state index contributed by atoms with van der Waals surface area (Å²) in [5.74, 6) is 2.25. The van der Waals surface area contributed by atoms with E-state index in [0.29, 0.717) is 12.0 Å². The number of carbonyl (C=O) groups is 1. The number of amides is 1. The van der Waals surface area contributed by atoms with Crippen LogP contribution < -0.4 is 25.4 Å². The van der Waals surface area contributed by atoms with Gasteiger partial charge in [-0.2, -0.15) is 0 Å². The average Bonchev–Trinajstić information content (AvgIpc) is 3.15. The van der Waals surface area contributed by atoms with E-state index in [9.17, 15) is 4.79 Å². The Hall–Kier alpha value is -2.44. The van der Waals surface area contributed by atoms with Gasteiger partial charge in [-0.1, -0.05) is 25.3 Å². The van der Waals surface area contributed by atoms with Crippen molar-refractivity contribution in [2.75, 3.05) is 26.4 Å². The van der Waals surface area contributed by atoms with Crippen LogP contribution in [0, 0.1) is 0 Å². The van der Waals surface area contributed by atoms with Crippen LogP contribution in [0.25, 0.3) is 0 Å². The number of benzene rings is 1. The molecule has 2 aliphatic rings. The highest BCUT2D eigenvalue weighted by Gasteiger charge is 2.15. The number of fused-ring (bicyclic) bond motifs is 1. The molecule has 0 saturated heterocycles. The molecule has 1 amide bonds. The predicted molar refractivity (Wildman–Crippen MR) is 105 cm³/mol. The molecular weight excluding hydrogens is 344 g/mol. The lowest BCUT2D eigenvalue weighted by Gasteiger charge is -2.22. The Morgan fingerprint density at radius 3 is 2.78 bits per heavy atom. The maximum atomic E-state index is 12.1. The van der Waals surface area contributed by atoms with E-state index in [1.54, 1.807) is 0 Å². The summed E-state index contributed by atoms with van der Waals surface area (Å²) < 4.78 is 10.7. The lowest BCUT2D eigenvalue weighted by atomic mass is 9.95. The number of guanidine groups is 1. The normalized spacial score (nSPS) is 16.9. The summed E-state index contributed by atoms with van der Waals surface area (Å²) in [5.41, 5.74) is 1.16. The smallest absolute Gasteiger partial charge is 0.242 e. The highest BCUT2D eigenvalue weighted by molar-refractivity contribution is 5.85. The molecule has 1 aromatic carbocycles. The van der Waals surface area contributed by atoms with E-state index in [2.05, 4.69) is 20.9 Å². The van der Waals surface area contributed by atoms with Crippen LogP contribution in [0.1, 0.15) is 44.6 Å². The highest BCUT2D eigenvalue weighted by atomic mass is 16.7. The van der Waals surface area contributed by atoms with Gasteiger partial charge in [0.25, 0.3) is 0 Å². The minimum Gasteiger partial charge on any atom is -0.454 e. The Balaban J connectivity index is 1.43. The molecule has 1 aliphatic carbocycles. The summed E-state index contributed by atoms with van der Waals surface area (Å²) in [6.07, 6.45) is 6.70. The van der Waals surface area contributed by atoms with Gasteiger partial charge in [0.15, 0.2) is 17.5 Å². The molecule has 27 heavy (non-hydrogen) atoms. The molecule has 7 heteroatoms. The second-order valence-electron chi connectivity index (χ2n) is 6.96. The standard InChI is InChI=1S/C20H30N4O3/c1-2-21-20(23-13-19(25)24-16-6-4-3-5-7-16)22-11-10-15-8-9-17-18(12-15)27-14-26-17/h8-9,12,16H,2-7,10-11,13-14H2,1H3,(H,24,25)(H2,21,22,23). The SMILES string of the molecule is CCNC(=NCC(=O)NC1CCCCC1)NCCc1ccc2c(c1)OCO2. The molecule has 1 saturated carbocycles. The highest BCUT2D eigenvalue weighted by Crippen LogP contribution is 2.32. The molecule has 1 aliphatic heterocycles. The summed E-state index contributed by atoms with van der Waals surface area (Å²) in [6, 6.07) is 6.30. The lowest BCUT2D eigenvalue weighted by Crippen LogP contribution is -2.41. The molecule has 0 spiro atoms. The quantitative estimate of drug-likeness (QED) is 0.502. The maximum absolute atomic E-state index is 12.1. The zero-order valence-electron chi connectivity index (χ0n) is 16.1. The summed E-state index contributed by atoms with van der Waals surface area (Å²) in [5, 5.41) is 9.56. The predicted octanol–water partition coefficient (Wildman–Crippen LogP) is 1.96. The number of nitrogens with one attached hydrogen (secondary N) is 3. The Morgan fingerprint density at radius 1 is 1.15 bits per heavy atom. The van der Waals surface area contributed by atoms with Crippen LogP contribution in [0.4, 0.5) is 0 Å². The van der Waals surface area contributed by atoms with Gasteiger partial charge in [0, 0.05) is 19.1 Å². The van der Waals surface area contributed by atoms with Gasteiger partial charge in [-0.05, 0) is 43.9 Å². The minimum atomic E-state index is -0.00475. The number of carbonyl (C=O) groups excluding carboxylic acids is 1. The van der Waals surface area contributed by atoms with E-state index in [0.717, 1.165) is 49.4 Å². The van der Waals surface area contributed by atoms with Crippen molar-refractivity contribution < 1.29 is 14.3 Å². The van der Waals surface area contributed by atoms with Crippen LogP contribution in [0.5, 0.6) is 11.5 Å². The molecular formula is C20H30N4O3. The average molecular weight is 374 g/mol. The summed E-state index contributed by atoms with van der Waals surface area (Å²) in [4.78, 5) is 16.5. The zero-order chi connectivity index (χ0) is 18.9. The third-order valence-corrected chi connectivity index (χ3v) is 4.84. The Morgan fingerprint density at radius 2 is 1.96 bits per heavy atom. The van der Waals surface area contributed by atoms with Crippen LogP contribution in [-0.2, 0) is 11.2 Å². The first-order valence-electron chi connectivity index (χ1n) is 9.94. The van der Waals surface area contributed by atoms with Crippen LogP contribution in [0.2, 0.25) is 0 Å². The Bertz CT molecular complexity index is 657. The fraction of sp³-hybridized carbons (Fsp3) is 0.600. The molecule has 3 rings (SSSR count). The first-order valence-corrected chi connectivity index (χ1v) is 9.94. The van der Waals surface area contributed by atoms with Crippen molar-refractivity contribution in [1.82, 2.24) is 16.0 Å². The van der Waals surface area contributed by atoms with Gasteiger partial charge in [0.2, 0.25) is 12.7 Å². The van der Waals surface area contributed by atoms with Crippen molar-refractivity contribution in [3.05, 3.63) is 23.8 Å². The summed E-state index contributed by atoms with van der Waals surface area (Å²) >= 11 is 0. The van der Waals surface area contributed by atoms with E-state index in [-0.39, 0.29) is 19.2 Å². The first-order chi connectivity index (χ1) is 13.2. The van der Waals surface area contributed by atoms with Gasteiger partial charge in [0.05, 0.1) is 0 Å². The second-order valence-corrected chi connectivity index (χ2v) is 6.96. The van der Waals surface area contributed by atoms with Gasteiger partial charge in [-0.25, -0.2) is 4.99 Å². The molecule has 0 radical (unpaired) electrons. The third kappa shape index (κ3) is 6.05. The number of hydrogen-bond donors (Lipinski definition) is 3. The van der Waals surface area contributed by atoms with Crippen molar-refractivity contribution in [2.24, 2.45) is 4.99 Å². The van der Waals surface area contributed by atoms with Crippen molar-refractivity contribution in [1.29, 1.82) is 0 Å². The zero-order valence-corrected chi connectivity index (χ0v) is 16.1. The largest absolute Gasteiger partial charge is 0.454 e. The summed E-state index contributed by atoms with van der Waals surface area (Å²) in [6.45, 7) is 3.92. The molecule has 0 bridgehead atoms. The van der Waals surface area contributed by atoms with E-state index < -0.39 is 0 Å². The van der Waals surface area contributed by atoms with Gasteiger partial charge < -0.3 is 25.4 Å². The second kappa shape index (κ2) is 10.0. The fourth-order valence-electron chi connectivity index (χ4n) is 3.43. The van der Waals surface area contributed by atoms with Crippen molar-refractivity contribution >= 4 is 11.9 Å². The number of ether oxygens (including phenoxy) is 2. The number of rotatable bonds is 7. The van der Waals surface area contributed by atoms with E-state index in [1.807, 2.05) is 25.1 Å². The number of aliphatic imine (C=N–C) groups is 1. The van der Waals surface area contributed by atoms with Crippen molar-refractivity contribution in [3.63, 3.8) is 0 Å². The molecule has 1 heterocycles. The van der Waals surface area contributed by atoms with Crippen molar-refractivity contribution in [2.45, 2.75) is 51.5 Å². The van der Waals surface area contributed by atoms with Crippen LogP contribution in [0.3, 0.4) is 0 Å². The van der Waals surface area contributed by atoms with Gasteiger partial charge in [-0.3, -0.25) is 4.79 Å². The van der Waals surface area contributed by atoms with Gasteiger partial charge in [0.1, 0.15) is 6.54 Å². The number of nitrogens with zero attached hydrogens (tertiary/aromatic N) is 1. The summed E-state index contributed by atoms with van der Waals surface area (Å²) in [7, 11) is 0. The third-order valence-electron chi connectivity index (χ3n) is 4.84. The maximum Gasteiger partial charge on any atom is 0.242 e. The molecule has 148 valence electrons. The molecule has 3 N–H and O–H groups in total. The molecule has 1 aromatic rings. The topological polar surface area (TPSA) is 84.0 Å². The monoisotopic (exact) mass is 374 g/mol. The van der Waals surface area contributed by atoms with Crippen LogP contribution >= 0.6 is 0 Å². The molecule has 0 aromatic heterocycles. The van der Waals surface area contributed by atoms with Gasteiger partial charge >= 0.3 is 0 Å². The van der Waals surface area contributed by atoms with Crippen LogP contribution in [0.15, 0.2) is 23.2 Å². The number of hydrogen-bond acceptors (Lipinski definition) is 4. The molecule has 0 atom stereocenters. The Labute approximate surface area is 160 Å². The molecule has 0 unspecified atom stereocenters. The Kier molecular flexibility index (Phi) is 7.19. The first kappa shape index (κ1) is 19.3. The van der Waals surface area contributed by atoms with E-state index in [1.165, 1.54) is 19.3 Å². The molecule has 1 fully saturated rings. The lowest BCUT2D eigenvalue weighted by molar-refractivity contribution is -0.120. The molecule has 7 nitrogen and oxygen atoms in total. The van der Waals surface area contributed by atoms with Crippen molar-refractivity contribution in [3.8, 4) is 11.5 Å². The fourth-order valence-corrected chi connectivity index (χ4v) is 3.43. The van der Waals surface area contributed by atoms with Gasteiger partial charge in [-0.15, -0.1) is 0 Å². The minimum absolute atomic E-state index is 0.00475. The van der Waals surface area contributed by atoms with E-state index >= 15 is 0 Å². The van der Waals surface area contributed by atoms with E-state index in [4.69, 9.17) is 9.47 Å².